The van der Waals surface area contributed by atoms with E-state index in [-0.39, 0.29) is 5.91 Å². The fraction of sp³-hybridized carbons (Fsp3) is 0.308. The third kappa shape index (κ3) is 4.38. The van der Waals surface area contributed by atoms with Crippen molar-refractivity contribution in [2.45, 2.75) is 18.9 Å². The van der Waals surface area contributed by atoms with E-state index in [0.717, 1.165) is 18.4 Å². The second-order valence-electron chi connectivity index (χ2n) is 3.60. The Morgan fingerprint density at radius 3 is 2.76 bits per heavy atom. The van der Waals surface area contributed by atoms with E-state index in [0.29, 0.717) is 6.61 Å². The highest BCUT2D eigenvalue weighted by molar-refractivity contribution is 5.81. The first-order chi connectivity index (χ1) is 8.29. The number of rotatable bonds is 7. The second-order valence-corrected chi connectivity index (χ2v) is 3.60. The minimum Gasteiger partial charge on any atom is -0.364 e. The van der Waals surface area contributed by atoms with Gasteiger partial charge in [0.2, 0.25) is 0 Å². The quantitative estimate of drug-likeness (QED) is 0.248. The molecule has 4 nitrogen and oxygen atoms in total. The molecule has 1 amide bonds. The van der Waals surface area contributed by atoms with E-state index in [1.165, 1.54) is 0 Å². The first kappa shape index (κ1) is 13.4. The molecule has 0 heterocycles. The highest BCUT2D eigenvalue weighted by atomic mass is 16.5. The third-order valence-electron chi connectivity index (χ3n) is 2.32. The summed E-state index contributed by atoms with van der Waals surface area (Å²) in [6.07, 6.45) is 2.88. The predicted molar refractivity (Wildman–Crippen MR) is 66.9 cm³/mol. The zero-order chi connectivity index (χ0) is 12.5. The van der Waals surface area contributed by atoms with Crippen molar-refractivity contribution < 1.29 is 9.53 Å². The predicted octanol–water partition coefficient (Wildman–Crippen LogP) is 1.70. The van der Waals surface area contributed by atoms with Gasteiger partial charge in [0.15, 0.2) is 6.10 Å². The van der Waals surface area contributed by atoms with Crippen LogP contribution in [0.3, 0.4) is 0 Å². The van der Waals surface area contributed by atoms with E-state index in [1.807, 2.05) is 36.4 Å². The maximum atomic E-state index is 11.6. The van der Waals surface area contributed by atoms with Crippen molar-refractivity contribution in [1.82, 2.24) is 5.43 Å². The Hall–Kier alpha value is -1.65. The van der Waals surface area contributed by atoms with E-state index in [1.54, 1.807) is 0 Å². The zero-order valence-electron chi connectivity index (χ0n) is 9.76. The molecular formula is C13H18N2O2. The molecule has 0 aromatic heterocycles. The van der Waals surface area contributed by atoms with Crippen molar-refractivity contribution >= 4 is 5.91 Å². The smallest absolute Gasteiger partial charge is 0.267 e. The van der Waals surface area contributed by atoms with Gasteiger partial charge >= 0.3 is 0 Å². The van der Waals surface area contributed by atoms with Crippen LogP contribution in [0.5, 0.6) is 0 Å². The van der Waals surface area contributed by atoms with E-state index in [9.17, 15) is 4.79 Å². The average molecular weight is 234 g/mol. The number of hydrogen-bond donors (Lipinski definition) is 2. The fourth-order valence-corrected chi connectivity index (χ4v) is 1.46. The molecule has 4 heteroatoms. The number of unbranched alkanes of at least 4 members (excludes halogenated alkanes) is 1. The van der Waals surface area contributed by atoms with Gasteiger partial charge in [-0.15, -0.1) is 6.58 Å². The molecule has 0 radical (unpaired) electrons. The molecule has 0 aliphatic rings. The molecule has 0 bridgehead atoms. The van der Waals surface area contributed by atoms with E-state index in [4.69, 9.17) is 10.6 Å². The van der Waals surface area contributed by atoms with Gasteiger partial charge in [0, 0.05) is 6.61 Å². The summed E-state index contributed by atoms with van der Waals surface area (Å²) in [4.78, 5) is 11.6. The van der Waals surface area contributed by atoms with Crippen molar-refractivity contribution in [2.75, 3.05) is 6.61 Å². The largest absolute Gasteiger partial charge is 0.364 e. The lowest BCUT2D eigenvalue weighted by atomic mass is 10.1. The normalized spacial score (nSPS) is 11.8. The first-order valence-corrected chi connectivity index (χ1v) is 5.57. The summed E-state index contributed by atoms with van der Waals surface area (Å²) in [5.41, 5.74) is 2.92. The average Bonchev–Trinajstić information content (AvgIpc) is 2.39. The second kappa shape index (κ2) is 7.60. The fourth-order valence-electron chi connectivity index (χ4n) is 1.46. The number of amides is 1. The van der Waals surface area contributed by atoms with Crippen molar-refractivity contribution in [3.8, 4) is 0 Å². The number of allylic oxidation sites excluding steroid dienone is 1. The molecular weight excluding hydrogens is 216 g/mol. The van der Waals surface area contributed by atoms with Crippen LogP contribution in [-0.2, 0) is 9.53 Å². The molecule has 1 unspecified atom stereocenters. The molecule has 0 spiro atoms. The maximum Gasteiger partial charge on any atom is 0.267 e. The number of carbonyl (C=O) groups is 1. The number of hydrogen-bond acceptors (Lipinski definition) is 3. The van der Waals surface area contributed by atoms with Crippen LogP contribution >= 0.6 is 0 Å². The monoisotopic (exact) mass is 234 g/mol. The minimum atomic E-state index is -0.647. The number of benzene rings is 1. The number of ether oxygens (including phenoxy) is 1. The topological polar surface area (TPSA) is 64.3 Å². The molecule has 0 aliphatic carbocycles. The van der Waals surface area contributed by atoms with E-state index < -0.39 is 6.10 Å². The first-order valence-electron chi connectivity index (χ1n) is 5.57. The SMILES string of the molecule is C=CCCCOC(C(=O)NN)c1ccccc1. The van der Waals surface area contributed by atoms with Gasteiger partial charge in [0.25, 0.3) is 5.91 Å². The minimum absolute atomic E-state index is 0.338. The van der Waals surface area contributed by atoms with Crippen LogP contribution in [0.1, 0.15) is 24.5 Å². The van der Waals surface area contributed by atoms with Crippen LogP contribution in [0.15, 0.2) is 43.0 Å². The summed E-state index contributed by atoms with van der Waals surface area (Å²) in [6, 6.07) is 9.29. The molecule has 92 valence electrons. The van der Waals surface area contributed by atoms with E-state index in [2.05, 4.69) is 12.0 Å². The summed E-state index contributed by atoms with van der Waals surface area (Å²) < 4.78 is 5.54. The molecule has 1 aromatic rings. The van der Waals surface area contributed by atoms with Gasteiger partial charge in [-0.05, 0) is 18.4 Å². The Morgan fingerprint density at radius 2 is 2.18 bits per heavy atom. The van der Waals surface area contributed by atoms with Crippen LogP contribution in [0.4, 0.5) is 0 Å². The number of carbonyl (C=O) groups excluding carboxylic acids is 1. The Bertz CT molecular complexity index is 352. The summed E-state index contributed by atoms with van der Waals surface area (Å²) in [5, 5.41) is 0. The molecule has 0 fully saturated rings. The van der Waals surface area contributed by atoms with Gasteiger partial charge < -0.3 is 4.74 Å². The molecule has 1 aromatic carbocycles. The number of nitrogens with two attached hydrogens (primary N) is 1. The van der Waals surface area contributed by atoms with Gasteiger partial charge in [-0.1, -0.05) is 36.4 Å². The number of nitrogens with one attached hydrogen (secondary N) is 1. The van der Waals surface area contributed by atoms with Gasteiger partial charge in [0.1, 0.15) is 0 Å². The zero-order valence-corrected chi connectivity index (χ0v) is 9.76. The Morgan fingerprint density at radius 1 is 1.47 bits per heavy atom. The molecule has 0 saturated carbocycles. The highest BCUT2D eigenvalue weighted by Gasteiger charge is 2.19. The van der Waals surface area contributed by atoms with Gasteiger partial charge in [0.05, 0.1) is 0 Å². The Kier molecular flexibility index (Phi) is 5.99. The molecule has 3 N–H and O–H groups in total. The lowest BCUT2D eigenvalue weighted by molar-refractivity contribution is -0.133. The lowest BCUT2D eigenvalue weighted by Gasteiger charge is -2.16. The molecule has 1 rings (SSSR count). The van der Waals surface area contributed by atoms with Gasteiger partial charge in [-0.25, -0.2) is 5.84 Å². The lowest BCUT2D eigenvalue weighted by Crippen LogP contribution is -2.36. The summed E-state index contributed by atoms with van der Waals surface area (Å²) in [7, 11) is 0. The summed E-state index contributed by atoms with van der Waals surface area (Å²) in [6.45, 7) is 4.13. The van der Waals surface area contributed by atoms with Gasteiger partial charge in [-0.3, -0.25) is 10.2 Å². The molecule has 0 aliphatic heterocycles. The van der Waals surface area contributed by atoms with Crippen molar-refractivity contribution in [3.05, 3.63) is 48.6 Å². The van der Waals surface area contributed by atoms with Crippen LogP contribution < -0.4 is 11.3 Å². The Balaban J connectivity index is 2.61. The van der Waals surface area contributed by atoms with Crippen molar-refractivity contribution in [1.29, 1.82) is 0 Å². The summed E-state index contributed by atoms with van der Waals surface area (Å²) >= 11 is 0. The van der Waals surface area contributed by atoms with Crippen LogP contribution in [0, 0.1) is 0 Å². The van der Waals surface area contributed by atoms with Crippen LogP contribution in [-0.4, -0.2) is 12.5 Å². The van der Waals surface area contributed by atoms with Crippen molar-refractivity contribution in [2.24, 2.45) is 5.84 Å². The van der Waals surface area contributed by atoms with Crippen molar-refractivity contribution in [3.63, 3.8) is 0 Å². The summed E-state index contributed by atoms with van der Waals surface area (Å²) in [5.74, 6) is 4.81. The Labute approximate surface area is 101 Å². The highest BCUT2D eigenvalue weighted by Crippen LogP contribution is 2.17. The van der Waals surface area contributed by atoms with Crippen LogP contribution in [0.2, 0.25) is 0 Å². The standard InChI is InChI=1S/C13H18N2O2/c1-2-3-7-10-17-12(13(16)15-14)11-8-5-4-6-9-11/h2,4-6,8-9,12H,1,3,7,10,14H2,(H,15,16). The van der Waals surface area contributed by atoms with E-state index >= 15 is 0 Å². The third-order valence-corrected chi connectivity index (χ3v) is 2.32. The number of hydrazine groups is 1. The van der Waals surface area contributed by atoms with Gasteiger partial charge in [-0.2, -0.15) is 0 Å². The maximum absolute atomic E-state index is 11.6. The molecule has 1 atom stereocenters. The molecule has 0 saturated heterocycles. The van der Waals surface area contributed by atoms with Crippen LogP contribution in [0.25, 0.3) is 0 Å². The molecule has 17 heavy (non-hydrogen) atoms.